The summed E-state index contributed by atoms with van der Waals surface area (Å²) in [5, 5.41) is 0. The minimum Gasteiger partial charge on any atom is -0.310 e. The number of aryl methyl sites for hydroxylation is 4. The first-order valence-electron chi connectivity index (χ1n) is 12.4. The van der Waals surface area contributed by atoms with Crippen molar-refractivity contribution in [3.05, 3.63) is 113 Å². The van der Waals surface area contributed by atoms with E-state index in [1.807, 2.05) is 0 Å². The minimum atomic E-state index is 0.612. The lowest BCUT2D eigenvalue weighted by molar-refractivity contribution is 0.734. The molecule has 0 aromatic heterocycles. The van der Waals surface area contributed by atoms with Crippen molar-refractivity contribution >= 4 is 17.1 Å². The van der Waals surface area contributed by atoms with Gasteiger partial charge in [-0.3, -0.25) is 0 Å². The van der Waals surface area contributed by atoms with Crippen LogP contribution in [0.1, 0.15) is 54.0 Å². The number of hydrogen-bond acceptors (Lipinski definition) is 1. The average Bonchev–Trinajstić information content (AvgIpc) is 2.82. The molecular formula is C32H31N. The van der Waals surface area contributed by atoms with Crippen LogP contribution in [-0.2, 0) is 25.7 Å². The largest absolute Gasteiger partial charge is 0.310 e. The van der Waals surface area contributed by atoms with Crippen LogP contribution in [0.5, 0.6) is 0 Å². The molecule has 0 radical (unpaired) electrons. The second-order valence-corrected chi connectivity index (χ2v) is 9.72. The number of fused-ring (bicyclic) bond motifs is 2. The van der Waals surface area contributed by atoms with Gasteiger partial charge in [0.2, 0.25) is 0 Å². The van der Waals surface area contributed by atoms with Crippen LogP contribution in [0.2, 0.25) is 0 Å². The first kappa shape index (κ1) is 20.3. The topological polar surface area (TPSA) is 3.24 Å². The molecule has 164 valence electrons. The fourth-order valence-corrected chi connectivity index (χ4v) is 5.13. The van der Waals surface area contributed by atoms with Crippen molar-refractivity contribution in [2.45, 2.75) is 51.9 Å². The van der Waals surface area contributed by atoms with Crippen molar-refractivity contribution in [2.75, 3.05) is 4.90 Å². The van der Waals surface area contributed by atoms with E-state index in [9.17, 15) is 0 Å². The van der Waals surface area contributed by atoms with Crippen molar-refractivity contribution < 1.29 is 0 Å². The second-order valence-electron chi connectivity index (χ2n) is 9.72. The minimum absolute atomic E-state index is 0.612. The highest BCUT2D eigenvalue weighted by Crippen LogP contribution is 2.40. The molecule has 1 unspecified atom stereocenters. The van der Waals surface area contributed by atoms with Gasteiger partial charge >= 0.3 is 0 Å². The van der Waals surface area contributed by atoms with Crippen LogP contribution in [-0.4, -0.2) is 0 Å². The Bertz CT molecular complexity index is 1240. The van der Waals surface area contributed by atoms with Crippen LogP contribution in [0.15, 0.2) is 84.9 Å². The second kappa shape index (κ2) is 8.23. The maximum Gasteiger partial charge on any atom is 0.0464 e. The molecule has 2 aliphatic rings. The number of rotatable bonds is 6. The molecule has 0 aliphatic heterocycles. The van der Waals surface area contributed by atoms with E-state index in [-0.39, 0.29) is 0 Å². The predicted molar refractivity (Wildman–Crippen MR) is 140 cm³/mol. The molecule has 0 bridgehead atoms. The normalized spacial score (nSPS) is 14.5. The zero-order chi connectivity index (χ0) is 22.4. The molecule has 2 aliphatic carbocycles. The van der Waals surface area contributed by atoms with E-state index in [1.165, 1.54) is 88.1 Å². The highest BCUT2D eigenvalue weighted by atomic mass is 15.1. The Morgan fingerprint density at radius 1 is 0.576 bits per heavy atom. The van der Waals surface area contributed by atoms with Gasteiger partial charge in [-0.1, -0.05) is 62.4 Å². The third kappa shape index (κ3) is 3.66. The summed E-state index contributed by atoms with van der Waals surface area (Å²) >= 11 is 0. The molecule has 0 saturated carbocycles. The van der Waals surface area contributed by atoms with Gasteiger partial charge in [-0.05, 0) is 113 Å². The van der Waals surface area contributed by atoms with E-state index >= 15 is 0 Å². The molecule has 0 fully saturated rings. The van der Waals surface area contributed by atoms with Crippen molar-refractivity contribution in [1.29, 1.82) is 0 Å². The van der Waals surface area contributed by atoms with Gasteiger partial charge in [0.15, 0.2) is 0 Å². The molecule has 0 N–H and O–H groups in total. The summed E-state index contributed by atoms with van der Waals surface area (Å²) < 4.78 is 0. The molecule has 6 rings (SSSR count). The summed E-state index contributed by atoms with van der Waals surface area (Å²) in [6.07, 6.45) is 6.02. The van der Waals surface area contributed by atoms with Crippen LogP contribution < -0.4 is 4.90 Å². The molecule has 0 spiro atoms. The fourth-order valence-electron chi connectivity index (χ4n) is 5.13. The van der Waals surface area contributed by atoms with E-state index in [0.29, 0.717) is 5.92 Å². The van der Waals surface area contributed by atoms with Crippen molar-refractivity contribution in [3.63, 3.8) is 0 Å². The van der Waals surface area contributed by atoms with Gasteiger partial charge in [0.05, 0.1) is 0 Å². The maximum absolute atomic E-state index is 2.42. The lowest BCUT2D eigenvalue weighted by atomic mass is 9.87. The van der Waals surface area contributed by atoms with Crippen LogP contribution in [0.4, 0.5) is 17.1 Å². The van der Waals surface area contributed by atoms with E-state index < -0.39 is 0 Å². The molecule has 1 heteroatoms. The van der Waals surface area contributed by atoms with Crippen LogP contribution in [0.3, 0.4) is 0 Å². The number of nitrogens with zero attached hydrogens (tertiary/aromatic N) is 1. The first-order valence-corrected chi connectivity index (χ1v) is 12.4. The summed E-state index contributed by atoms with van der Waals surface area (Å²) in [4.78, 5) is 2.42. The zero-order valence-electron chi connectivity index (χ0n) is 19.6. The van der Waals surface area contributed by atoms with Gasteiger partial charge in [-0.2, -0.15) is 0 Å². The van der Waals surface area contributed by atoms with Gasteiger partial charge in [0.1, 0.15) is 0 Å². The first-order chi connectivity index (χ1) is 16.2. The summed E-state index contributed by atoms with van der Waals surface area (Å²) in [6.45, 7) is 4.55. The lowest BCUT2D eigenvalue weighted by Crippen LogP contribution is -2.15. The Morgan fingerprint density at radius 2 is 1.03 bits per heavy atom. The molecule has 1 nitrogen and oxygen atoms in total. The van der Waals surface area contributed by atoms with Crippen molar-refractivity contribution in [3.8, 4) is 11.1 Å². The smallest absolute Gasteiger partial charge is 0.0464 e. The average molecular weight is 430 g/mol. The number of benzene rings is 4. The summed E-state index contributed by atoms with van der Waals surface area (Å²) in [5.74, 6) is 0.612. The highest BCUT2D eigenvalue weighted by molar-refractivity contribution is 5.79. The van der Waals surface area contributed by atoms with Crippen LogP contribution in [0, 0.1) is 0 Å². The van der Waals surface area contributed by atoms with Crippen LogP contribution in [0.25, 0.3) is 11.1 Å². The Hall–Kier alpha value is -3.32. The number of anilines is 3. The zero-order valence-corrected chi connectivity index (χ0v) is 19.6. The summed E-state index contributed by atoms with van der Waals surface area (Å²) in [7, 11) is 0. The third-order valence-electron chi connectivity index (χ3n) is 7.77. The summed E-state index contributed by atoms with van der Waals surface area (Å²) in [5.41, 5.74) is 13.7. The van der Waals surface area contributed by atoms with E-state index in [1.54, 1.807) is 0 Å². The van der Waals surface area contributed by atoms with E-state index in [0.717, 1.165) is 0 Å². The van der Waals surface area contributed by atoms with Gasteiger partial charge in [-0.25, -0.2) is 0 Å². The van der Waals surface area contributed by atoms with Gasteiger partial charge in [0, 0.05) is 17.1 Å². The predicted octanol–water partition coefficient (Wildman–Crippen LogP) is 8.53. The Labute approximate surface area is 197 Å². The molecule has 4 aromatic carbocycles. The summed E-state index contributed by atoms with van der Waals surface area (Å²) in [6, 6.07) is 32.2. The standard InChI is InChI=1S/C32H31N/c1-3-22(2)23-4-6-24(7-5-23)25-12-16-30(17-13-25)33(31-18-14-26-8-10-28(26)20-31)32-19-15-27-9-11-29(27)21-32/h4-7,12-22H,3,8-11H2,1-2H3. The molecule has 0 heterocycles. The van der Waals surface area contributed by atoms with E-state index in [2.05, 4.69) is 104 Å². The third-order valence-corrected chi connectivity index (χ3v) is 7.77. The molecule has 0 saturated heterocycles. The van der Waals surface area contributed by atoms with Gasteiger partial charge in [0.25, 0.3) is 0 Å². The monoisotopic (exact) mass is 429 g/mol. The Balaban J connectivity index is 1.36. The Morgan fingerprint density at radius 3 is 1.45 bits per heavy atom. The fraction of sp³-hybridized carbons (Fsp3) is 0.250. The molecular weight excluding hydrogens is 398 g/mol. The number of hydrogen-bond donors (Lipinski definition) is 0. The quantitative estimate of drug-likeness (QED) is 0.297. The lowest BCUT2D eigenvalue weighted by Gasteiger charge is -2.30. The molecule has 33 heavy (non-hydrogen) atoms. The van der Waals surface area contributed by atoms with Crippen LogP contribution >= 0.6 is 0 Å². The SMILES string of the molecule is CCC(C)c1ccc(-c2ccc(N(c3ccc4c(c3)CC4)c3ccc4c(c3)CC4)cc2)cc1. The Kier molecular flexibility index (Phi) is 5.06. The van der Waals surface area contributed by atoms with Crippen molar-refractivity contribution in [2.24, 2.45) is 0 Å². The van der Waals surface area contributed by atoms with Gasteiger partial charge in [-0.15, -0.1) is 0 Å². The maximum atomic E-state index is 2.42. The van der Waals surface area contributed by atoms with Gasteiger partial charge < -0.3 is 4.90 Å². The van der Waals surface area contributed by atoms with Crippen molar-refractivity contribution in [1.82, 2.24) is 0 Å². The molecule has 0 amide bonds. The molecule has 1 atom stereocenters. The van der Waals surface area contributed by atoms with E-state index in [4.69, 9.17) is 0 Å². The molecule has 4 aromatic rings. The highest BCUT2D eigenvalue weighted by Gasteiger charge is 2.20.